The Hall–Kier alpha value is -4.74. The number of halogens is 2. The number of hydrogen-bond donors (Lipinski definition) is 7. The van der Waals surface area contributed by atoms with Crippen LogP contribution in [0.1, 0.15) is 0 Å². The lowest BCUT2D eigenvalue weighted by atomic mass is 10.1. The lowest BCUT2D eigenvalue weighted by molar-refractivity contribution is 0.284. The third-order valence-electron chi connectivity index (χ3n) is 6.82. The maximum absolute atomic E-state index is 14.0. The van der Waals surface area contributed by atoms with E-state index < -0.39 is 154 Å². The monoisotopic (exact) mass is 911 g/mol. The number of fused-ring (bicyclic) bond motifs is 1. The number of azo groups is 2. The van der Waals surface area contributed by atoms with Gasteiger partial charge in [-0.1, -0.05) is 0 Å². The van der Waals surface area contributed by atoms with Crippen LogP contribution in [0.4, 0.5) is 37.2 Å². The van der Waals surface area contributed by atoms with Crippen LogP contribution < -0.4 is 5.73 Å². The molecule has 0 amide bonds. The van der Waals surface area contributed by atoms with Crippen LogP contribution in [0.25, 0.3) is 10.8 Å². The molecule has 0 atom stereocenters. The highest BCUT2D eigenvalue weighted by Gasteiger charge is 2.29. The number of benzene rings is 4. The molecular weight excluding hydrogens is 893 g/mol. The topological polar surface area (TPSA) is 411 Å². The van der Waals surface area contributed by atoms with Gasteiger partial charge < -0.3 is 10.8 Å². The Balaban J connectivity index is 2.00. The number of hydrogen-bond acceptors (Lipinski definition) is 19. The predicted octanol–water partition coefficient (Wildman–Crippen LogP) is 2.82. The minimum atomic E-state index is -5.55. The summed E-state index contributed by atoms with van der Waals surface area (Å²) in [6, 6.07) is 2.27. The molecule has 4 aromatic rings. The second-order valence-corrected chi connectivity index (χ2v) is 19.3. The van der Waals surface area contributed by atoms with E-state index in [-0.39, 0.29) is 18.2 Å². The standard InChI is InChI=1S/C24H19F2N5O19S6/c25-12-8-15(17(9-13(12)26)53(38,39)40)29-30-22-18(54(41,42)43)5-10-6-19(55(44,45)46)23(24(32)20(10)21(22)27)31-28-14-2-1-11(7-16(14)52(35,36)37)51(33,34)4-3-50-56(47,48)49/h1-2,5-9,32H,3-4,27H2,(H,35,36,37)(H,38,39,40)(H,41,42,43)(H,44,45,46)(H,47,48,49). The molecule has 0 aromatic heterocycles. The van der Waals surface area contributed by atoms with E-state index in [0.717, 1.165) is 0 Å². The van der Waals surface area contributed by atoms with Crippen LogP contribution in [0.15, 0.2) is 87.4 Å². The molecule has 4 aromatic carbocycles. The Morgan fingerprint density at radius 2 is 1.05 bits per heavy atom. The van der Waals surface area contributed by atoms with Crippen molar-refractivity contribution in [1.29, 1.82) is 0 Å². The van der Waals surface area contributed by atoms with E-state index in [0.29, 0.717) is 24.3 Å². The Kier molecular flexibility index (Phi) is 11.8. The van der Waals surface area contributed by atoms with Crippen molar-refractivity contribution in [3.8, 4) is 5.75 Å². The molecule has 0 aliphatic rings. The van der Waals surface area contributed by atoms with Gasteiger partial charge in [-0.05, 0) is 35.7 Å². The zero-order chi connectivity index (χ0) is 42.6. The maximum Gasteiger partial charge on any atom is 0.397 e. The van der Waals surface area contributed by atoms with Gasteiger partial charge in [0.15, 0.2) is 27.2 Å². The van der Waals surface area contributed by atoms with E-state index in [4.69, 9.17) is 10.3 Å². The second-order valence-electron chi connectivity index (χ2n) is 10.5. The predicted molar refractivity (Wildman–Crippen MR) is 180 cm³/mol. The molecule has 0 saturated heterocycles. The smallest absolute Gasteiger partial charge is 0.397 e. The fourth-order valence-electron chi connectivity index (χ4n) is 4.46. The van der Waals surface area contributed by atoms with Crippen LogP contribution in [0.2, 0.25) is 0 Å². The molecule has 0 saturated carbocycles. The molecule has 24 nitrogen and oxygen atoms in total. The van der Waals surface area contributed by atoms with Crippen molar-refractivity contribution in [2.24, 2.45) is 20.5 Å². The molecule has 32 heteroatoms. The maximum atomic E-state index is 14.0. The number of anilines is 1. The number of rotatable bonds is 13. The van der Waals surface area contributed by atoms with Gasteiger partial charge in [-0.3, -0.25) is 22.8 Å². The highest BCUT2D eigenvalue weighted by Crippen LogP contribution is 2.48. The van der Waals surface area contributed by atoms with Crippen LogP contribution in [0.3, 0.4) is 0 Å². The molecular formula is C24H19F2N5O19S6. The molecule has 0 radical (unpaired) electrons. The van der Waals surface area contributed by atoms with E-state index in [2.05, 4.69) is 24.6 Å². The minimum absolute atomic E-state index is 0.0327. The van der Waals surface area contributed by atoms with Gasteiger partial charge in [0.1, 0.15) is 42.3 Å². The molecule has 0 heterocycles. The first-order chi connectivity index (χ1) is 25.3. The Labute approximate surface area is 312 Å². The molecule has 0 bridgehead atoms. The third-order valence-corrected chi connectivity index (χ3v) is 12.5. The van der Waals surface area contributed by atoms with Crippen LogP contribution in [-0.4, -0.2) is 90.7 Å². The first-order valence-corrected chi connectivity index (χ1v) is 22.4. The summed E-state index contributed by atoms with van der Waals surface area (Å²) in [6.45, 7) is -1.15. The molecule has 0 unspecified atom stereocenters. The molecule has 0 spiro atoms. The molecule has 0 fully saturated rings. The number of nitrogens with two attached hydrogens (primary N) is 1. The SMILES string of the molecule is Nc1c(N=Nc2cc(F)c(F)cc2S(=O)(=O)O)c(S(=O)(=O)O)cc2cc(S(=O)(=O)O)c(N=Nc3ccc(S(=O)(=O)CCOS(=O)(=O)O)cc3S(=O)(=O)O)c(O)c12. The number of sulfone groups is 1. The van der Waals surface area contributed by atoms with Gasteiger partial charge in [-0.15, -0.1) is 20.5 Å². The van der Waals surface area contributed by atoms with Crippen molar-refractivity contribution in [3.05, 3.63) is 54.1 Å². The quantitative estimate of drug-likeness (QED) is 0.0576. The highest BCUT2D eigenvalue weighted by molar-refractivity contribution is 7.91. The average molecular weight is 912 g/mol. The Morgan fingerprint density at radius 3 is 1.57 bits per heavy atom. The van der Waals surface area contributed by atoms with E-state index in [9.17, 15) is 82.6 Å². The zero-order valence-corrected chi connectivity index (χ0v) is 31.4. The van der Waals surface area contributed by atoms with Crippen molar-refractivity contribution < 1.29 is 91.3 Å². The summed E-state index contributed by atoms with van der Waals surface area (Å²) in [5, 5.41) is 22.9. The van der Waals surface area contributed by atoms with Crippen LogP contribution in [-0.2, 0) is 64.9 Å². The third kappa shape index (κ3) is 9.79. The first kappa shape index (κ1) is 44.0. The number of nitrogen functional groups attached to an aromatic ring is 1. The summed E-state index contributed by atoms with van der Waals surface area (Å²) in [4.78, 5) is -6.46. The molecule has 8 N–H and O–H groups in total. The Morgan fingerprint density at radius 1 is 0.589 bits per heavy atom. The van der Waals surface area contributed by atoms with Gasteiger partial charge in [0.25, 0.3) is 40.5 Å². The van der Waals surface area contributed by atoms with Crippen molar-refractivity contribution in [3.63, 3.8) is 0 Å². The molecule has 0 aliphatic carbocycles. The second kappa shape index (κ2) is 15.0. The lowest BCUT2D eigenvalue weighted by Gasteiger charge is -2.14. The summed E-state index contributed by atoms with van der Waals surface area (Å²) < 4.78 is 223. The van der Waals surface area contributed by atoms with Gasteiger partial charge in [0.2, 0.25) is 0 Å². The number of aromatic hydroxyl groups is 1. The normalized spacial score (nSPS) is 13.6. The van der Waals surface area contributed by atoms with E-state index in [1.54, 1.807) is 0 Å². The highest BCUT2D eigenvalue weighted by atomic mass is 32.3. The molecule has 0 aliphatic heterocycles. The van der Waals surface area contributed by atoms with Crippen molar-refractivity contribution in [2.45, 2.75) is 24.5 Å². The summed E-state index contributed by atoms with van der Waals surface area (Å²) in [6.07, 6.45) is 0. The molecule has 4 rings (SSSR count). The summed E-state index contributed by atoms with van der Waals surface area (Å²) in [5.74, 6) is -6.17. The summed E-state index contributed by atoms with van der Waals surface area (Å²) in [7, 11) is -31.6. The van der Waals surface area contributed by atoms with Crippen molar-refractivity contribution in [2.75, 3.05) is 18.1 Å². The number of nitrogens with zero attached hydrogens (tertiary/aromatic N) is 4. The lowest BCUT2D eigenvalue weighted by Crippen LogP contribution is -2.16. The van der Waals surface area contributed by atoms with Crippen LogP contribution in [0, 0.1) is 11.6 Å². The van der Waals surface area contributed by atoms with Crippen LogP contribution in [0.5, 0.6) is 5.75 Å². The zero-order valence-electron chi connectivity index (χ0n) is 26.5. The van der Waals surface area contributed by atoms with Crippen molar-refractivity contribution >= 4 is 99.9 Å². The summed E-state index contributed by atoms with van der Waals surface area (Å²) >= 11 is 0. The van der Waals surface area contributed by atoms with Gasteiger partial charge in [-0.25, -0.2) is 21.4 Å². The average Bonchev–Trinajstić information content (AvgIpc) is 3.02. The Bertz CT molecular complexity index is 3090. The fraction of sp³-hybridized carbons (Fsp3) is 0.0833. The van der Waals surface area contributed by atoms with E-state index >= 15 is 0 Å². The van der Waals surface area contributed by atoms with Crippen molar-refractivity contribution in [1.82, 2.24) is 0 Å². The van der Waals surface area contributed by atoms with Gasteiger partial charge >= 0.3 is 10.4 Å². The fourth-order valence-corrected chi connectivity index (χ4v) is 8.64. The van der Waals surface area contributed by atoms with E-state index in [1.807, 2.05) is 0 Å². The van der Waals surface area contributed by atoms with Gasteiger partial charge in [-0.2, -0.15) is 42.1 Å². The van der Waals surface area contributed by atoms with Gasteiger partial charge in [0.05, 0.1) is 28.3 Å². The van der Waals surface area contributed by atoms with Gasteiger partial charge in [0, 0.05) is 12.1 Å². The summed E-state index contributed by atoms with van der Waals surface area (Å²) in [5.41, 5.74) is 0.196. The number of phenolic OH excluding ortho intramolecular Hbond substituents is 1. The van der Waals surface area contributed by atoms with Crippen LogP contribution >= 0.6 is 0 Å². The van der Waals surface area contributed by atoms with E-state index in [1.165, 1.54) is 0 Å². The first-order valence-electron chi connectivity index (χ1n) is 13.7. The molecule has 56 heavy (non-hydrogen) atoms. The number of phenols is 1. The largest absolute Gasteiger partial charge is 0.505 e. The minimum Gasteiger partial charge on any atom is -0.505 e. The molecule has 304 valence electrons.